The van der Waals surface area contributed by atoms with E-state index in [9.17, 15) is 14.7 Å². The van der Waals surface area contributed by atoms with Crippen molar-refractivity contribution in [2.75, 3.05) is 42.9 Å². The first-order chi connectivity index (χ1) is 15.0. The minimum atomic E-state index is -1.01. The Morgan fingerprint density at radius 1 is 1.00 bits per heavy atom. The van der Waals surface area contributed by atoms with Crippen molar-refractivity contribution in [2.45, 2.75) is 25.7 Å². The molecule has 7 heteroatoms. The molecule has 2 aliphatic rings. The lowest BCUT2D eigenvalue weighted by molar-refractivity contribution is 0.0696. The average molecular weight is 442 g/mol. The fourth-order valence-electron chi connectivity index (χ4n) is 4.60. The normalized spacial score (nSPS) is 19.4. The van der Waals surface area contributed by atoms with E-state index in [4.69, 9.17) is 11.6 Å². The molecule has 0 bridgehead atoms. The fraction of sp³-hybridized carbons (Fsp3) is 0.417. The number of rotatable bonds is 6. The quantitative estimate of drug-likeness (QED) is 0.685. The Kier molecular flexibility index (Phi) is 6.78. The van der Waals surface area contributed by atoms with E-state index in [0.717, 1.165) is 31.7 Å². The molecular weight excluding hydrogens is 414 g/mol. The highest BCUT2D eigenvalue weighted by molar-refractivity contribution is 6.30. The fourth-order valence-corrected chi connectivity index (χ4v) is 4.73. The highest BCUT2D eigenvalue weighted by atomic mass is 35.5. The maximum atomic E-state index is 12.8. The molecule has 1 atom stereocenters. The number of piperidine rings is 1. The summed E-state index contributed by atoms with van der Waals surface area (Å²) >= 11 is 5.93. The maximum absolute atomic E-state index is 12.8. The van der Waals surface area contributed by atoms with Crippen molar-refractivity contribution in [1.29, 1.82) is 0 Å². The molecule has 2 heterocycles. The third kappa shape index (κ3) is 5.38. The Labute approximate surface area is 187 Å². The number of carbonyl (C=O) groups is 2. The van der Waals surface area contributed by atoms with Crippen LogP contribution >= 0.6 is 11.6 Å². The zero-order valence-electron chi connectivity index (χ0n) is 17.5. The summed E-state index contributed by atoms with van der Waals surface area (Å²) in [5.41, 5.74) is 2.03. The van der Waals surface area contributed by atoms with Crippen LogP contribution in [0.25, 0.3) is 0 Å². The smallest absolute Gasteiger partial charge is 0.335 e. The van der Waals surface area contributed by atoms with Crippen LogP contribution in [0.2, 0.25) is 5.02 Å². The van der Waals surface area contributed by atoms with Gasteiger partial charge in [0, 0.05) is 30.2 Å². The van der Waals surface area contributed by atoms with Crippen LogP contribution in [0.1, 0.15) is 46.4 Å². The number of nitrogens with one attached hydrogen (secondary N) is 1. The number of halogens is 1. The highest BCUT2D eigenvalue weighted by Gasteiger charge is 2.25. The number of hydrogen-bond acceptors (Lipinski definition) is 4. The first-order valence-electron chi connectivity index (χ1n) is 10.9. The maximum Gasteiger partial charge on any atom is 0.335 e. The van der Waals surface area contributed by atoms with Crippen LogP contribution < -0.4 is 10.2 Å². The van der Waals surface area contributed by atoms with Crippen LogP contribution in [0, 0.1) is 5.92 Å². The zero-order chi connectivity index (χ0) is 21.8. The van der Waals surface area contributed by atoms with Gasteiger partial charge in [0.2, 0.25) is 0 Å². The van der Waals surface area contributed by atoms with E-state index in [0.29, 0.717) is 22.2 Å². The molecular formula is C24H28ClN3O3. The molecule has 1 unspecified atom stereocenters. The molecule has 0 saturated carbocycles. The van der Waals surface area contributed by atoms with Gasteiger partial charge in [0.25, 0.3) is 5.91 Å². The Bertz CT molecular complexity index is 942. The standard InChI is InChI=1S/C24H28ClN3O3/c25-20-8-5-18(6-9-20)23(29)26-21-14-19(24(30)31)7-10-22(21)28-13-3-4-17(16-28)15-27-11-1-2-12-27/h5-10,14,17H,1-4,11-13,15-16H2,(H,26,29)(H,30,31). The molecule has 4 rings (SSSR count). The van der Waals surface area contributed by atoms with E-state index in [-0.39, 0.29) is 11.5 Å². The van der Waals surface area contributed by atoms with Crippen molar-refractivity contribution in [1.82, 2.24) is 4.90 Å². The largest absolute Gasteiger partial charge is 0.478 e. The van der Waals surface area contributed by atoms with E-state index < -0.39 is 5.97 Å². The predicted octanol–water partition coefficient (Wildman–Crippen LogP) is 4.60. The minimum absolute atomic E-state index is 0.154. The van der Waals surface area contributed by atoms with E-state index in [2.05, 4.69) is 15.1 Å². The van der Waals surface area contributed by atoms with Crippen molar-refractivity contribution in [3.8, 4) is 0 Å². The van der Waals surface area contributed by atoms with Gasteiger partial charge in [-0.25, -0.2) is 4.79 Å². The van der Waals surface area contributed by atoms with Crippen LogP contribution in [-0.4, -0.2) is 54.6 Å². The number of likely N-dealkylation sites (tertiary alicyclic amines) is 1. The predicted molar refractivity (Wildman–Crippen MR) is 123 cm³/mol. The lowest BCUT2D eigenvalue weighted by Crippen LogP contribution is -2.40. The number of carboxylic acids is 1. The minimum Gasteiger partial charge on any atom is -0.478 e. The van der Waals surface area contributed by atoms with Gasteiger partial charge in [-0.05, 0) is 87.2 Å². The van der Waals surface area contributed by atoms with Crippen molar-refractivity contribution in [3.63, 3.8) is 0 Å². The van der Waals surface area contributed by atoms with Crippen LogP contribution in [0.3, 0.4) is 0 Å². The van der Waals surface area contributed by atoms with Gasteiger partial charge in [0.05, 0.1) is 16.9 Å². The molecule has 2 N–H and O–H groups in total. The summed E-state index contributed by atoms with van der Waals surface area (Å²) in [6.45, 7) is 5.29. The van der Waals surface area contributed by atoms with Crippen LogP contribution in [0.5, 0.6) is 0 Å². The summed E-state index contributed by atoms with van der Waals surface area (Å²) in [6.07, 6.45) is 4.86. The number of nitrogens with zero attached hydrogens (tertiary/aromatic N) is 2. The van der Waals surface area contributed by atoms with E-state index >= 15 is 0 Å². The van der Waals surface area contributed by atoms with Gasteiger partial charge in [-0.3, -0.25) is 4.79 Å². The Morgan fingerprint density at radius 3 is 2.42 bits per heavy atom. The van der Waals surface area contributed by atoms with Crippen LogP contribution in [0.15, 0.2) is 42.5 Å². The lowest BCUT2D eigenvalue weighted by atomic mass is 9.96. The Hall–Kier alpha value is -2.57. The first kappa shape index (κ1) is 21.7. The van der Waals surface area contributed by atoms with Crippen molar-refractivity contribution in [2.24, 2.45) is 5.92 Å². The molecule has 0 radical (unpaired) electrons. The average Bonchev–Trinajstić information content (AvgIpc) is 3.27. The number of anilines is 2. The number of aromatic carboxylic acids is 1. The van der Waals surface area contributed by atoms with Gasteiger partial charge in [-0.15, -0.1) is 0 Å². The Morgan fingerprint density at radius 2 is 1.71 bits per heavy atom. The van der Waals surface area contributed by atoms with Crippen molar-refractivity contribution < 1.29 is 14.7 Å². The second-order valence-corrected chi connectivity index (χ2v) is 8.90. The summed E-state index contributed by atoms with van der Waals surface area (Å²) in [5, 5.41) is 12.9. The molecule has 1 amide bonds. The second-order valence-electron chi connectivity index (χ2n) is 8.46. The second kappa shape index (κ2) is 9.71. The summed E-state index contributed by atoms with van der Waals surface area (Å²) in [6, 6.07) is 11.6. The number of carbonyl (C=O) groups excluding carboxylic acids is 1. The summed E-state index contributed by atoms with van der Waals surface area (Å²) in [7, 11) is 0. The molecule has 2 aliphatic heterocycles. The molecule has 0 spiro atoms. The van der Waals surface area contributed by atoms with Crippen molar-refractivity contribution in [3.05, 3.63) is 58.6 Å². The molecule has 0 aromatic heterocycles. The molecule has 0 aliphatic carbocycles. The highest BCUT2D eigenvalue weighted by Crippen LogP contribution is 2.32. The van der Waals surface area contributed by atoms with Gasteiger partial charge in [-0.1, -0.05) is 11.6 Å². The van der Waals surface area contributed by atoms with Crippen LogP contribution in [0.4, 0.5) is 11.4 Å². The molecule has 164 valence electrons. The van der Waals surface area contributed by atoms with E-state index in [1.54, 1.807) is 36.4 Å². The molecule has 2 fully saturated rings. The van der Waals surface area contributed by atoms with E-state index in [1.807, 2.05) is 6.07 Å². The molecule has 6 nitrogen and oxygen atoms in total. The topological polar surface area (TPSA) is 72.9 Å². The third-order valence-corrected chi connectivity index (χ3v) is 6.42. The van der Waals surface area contributed by atoms with Gasteiger partial charge in [0.1, 0.15) is 0 Å². The van der Waals surface area contributed by atoms with Gasteiger partial charge < -0.3 is 20.2 Å². The van der Waals surface area contributed by atoms with Gasteiger partial charge >= 0.3 is 5.97 Å². The third-order valence-electron chi connectivity index (χ3n) is 6.17. The number of benzene rings is 2. The first-order valence-corrected chi connectivity index (χ1v) is 11.3. The number of carboxylic acid groups (broad SMARTS) is 1. The van der Waals surface area contributed by atoms with E-state index in [1.165, 1.54) is 32.4 Å². The van der Waals surface area contributed by atoms with Crippen molar-refractivity contribution >= 4 is 34.9 Å². The van der Waals surface area contributed by atoms with Crippen LogP contribution in [-0.2, 0) is 0 Å². The molecule has 31 heavy (non-hydrogen) atoms. The van der Waals surface area contributed by atoms with Gasteiger partial charge in [0.15, 0.2) is 0 Å². The lowest BCUT2D eigenvalue weighted by Gasteiger charge is -2.37. The zero-order valence-corrected chi connectivity index (χ0v) is 18.3. The number of amides is 1. The molecule has 2 aromatic carbocycles. The Balaban J connectivity index is 1.55. The summed E-state index contributed by atoms with van der Waals surface area (Å²) < 4.78 is 0. The van der Waals surface area contributed by atoms with Gasteiger partial charge in [-0.2, -0.15) is 0 Å². The SMILES string of the molecule is O=C(O)c1ccc(N2CCCC(CN3CCCC3)C2)c(NC(=O)c2ccc(Cl)cc2)c1. The summed E-state index contributed by atoms with van der Waals surface area (Å²) in [4.78, 5) is 29.2. The monoisotopic (exact) mass is 441 g/mol. The molecule has 2 saturated heterocycles. The summed E-state index contributed by atoms with van der Waals surface area (Å²) in [5.74, 6) is -0.726. The molecule has 2 aromatic rings. The number of hydrogen-bond donors (Lipinski definition) is 2.